The van der Waals surface area contributed by atoms with Crippen LogP contribution in [-0.2, 0) is 0 Å². The predicted molar refractivity (Wildman–Crippen MR) is 91.2 cm³/mol. The molecule has 0 saturated heterocycles. The van der Waals surface area contributed by atoms with Gasteiger partial charge in [-0.05, 0) is 42.7 Å². The van der Waals surface area contributed by atoms with Gasteiger partial charge in [0.2, 0.25) is 0 Å². The van der Waals surface area contributed by atoms with Crippen molar-refractivity contribution < 1.29 is 4.79 Å². The summed E-state index contributed by atoms with van der Waals surface area (Å²) in [5, 5.41) is 7.25. The van der Waals surface area contributed by atoms with Crippen LogP contribution >= 0.6 is 0 Å². The molecule has 4 rings (SSSR count). The summed E-state index contributed by atoms with van der Waals surface area (Å²) < 4.78 is 1.68. The van der Waals surface area contributed by atoms with Crippen LogP contribution in [0.3, 0.4) is 0 Å². The number of benzene rings is 2. The largest absolute Gasteiger partial charge is 0.349 e. The molecule has 5 nitrogen and oxygen atoms in total. The van der Waals surface area contributed by atoms with Gasteiger partial charge in [-0.2, -0.15) is 5.10 Å². The second-order valence-electron chi connectivity index (χ2n) is 6.17. The molecule has 1 aromatic heterocycles. The average molecular weight is 318 g/mol. The molecule has 1 saturated carbocycles. The van der Waals surface area contributed by atoms with Gasteiger partial charge in [0, 0.05) is 17.5 Å². The van der Waals surface area contributed by atoms with E-state index in [0.717, 1.165) is 17.7 Å². The summed E-state index contributed by atoms with van der Waals surface area (Å²) in [7, 11) is 0. The van der Waals surface area contributed by atoms with Gasteiger partial charge in [0.1, 0.15) is 12.7 Å². The zero-order valence-corrected chi connectivity index (χ0v) is 13.4. The highest BCUT2D eigenvalue weighted by Crippen LogP contribution is 2.40. The van der Waals surface area contributed by atoms with Gasteiger partial charge in [0.25, 0.3) is 5.91 Å². The molecule has 1 amide bonds. The number of hydrogen-bond acceptors (Lipinski definition) is 3. The molecule has 0 spiro atoms. The van der Waals surface area contributed by atoms with Crippen LogP contribution in [0.4, 0.5) is 0 Å². The lowest BCUT2D eigenvalue weighted by Gasteiger charge is -2.09. The summed E-state index contributed by atoms with van der Waals surface area (Å²) in [6.07, 6.45) is 4.14. The molecular weight excluding hydrogens is 300 g/mol. The molecule has 120 valence electrons. The molecule has 24 heavy (non-hydrogen) atoms. The number of aromatic nitrogens is 3. The molecule has 1 N–H and O–H groups in total. The minimum Gasteiger partial charge on any atom is -0.349 e. The number of amides is 1. The zero-order chi connectivity index (χ0) is 16.5. The predicted octanol–water partition coefficient (Wildman–Crippen LogP) is 2.86. The Morgan fingerprint density at radius 3 is 2.75 bits per heavy atom. The van der Waals surface area contributed by atoms with E-state index in [1.807, 2.05) is 43.3 Å². The van der Waals surface area contributed by atoms with Crippen molar-refractivity contribution in [3.8, 4) is 5.69 Å². The number of nitrogens with one attached hydrogen (secondary N) is 1. The van der Waals surface area contributed by atoms with E-state index in [9.17, 15) is 4.79 Å². The van der Waals surface area contributed by atoms with E-state index in [1.165, 1.54) is 11.9 Å². The third kappa shape index (κ3) is 2.80. The highest BCUT2D eigenvalue weighted by molar-refractivity contribution is 5.96. The Hall–Kier alpha value is -2.95. The first-order chi connectivity index (χ1) is 11.7. The van der Waals surface area contributed by atoms with Crippen molar-refractivity contribution in [1.29, 1.82) is 0 Å². The van der Waals surface area contributed by atoms with Crippen molar-refractivity contribution in [3.63, 3.8) is 0 Å². The molecule has 3 aromatic rings. The summed E-state index contributed by atoms with van der Waals surface area (Å²) in [6.45, 7) is 1.94. The second-order valence-corrected chi connectivity index (χ2v) is 6.17. The first kappa shape index (κ1) is 14.6. The monoisotopic (exact) mass is 318 g/mol. The minimum absolute atomic E-state index is 0.0129. The molecule has 1 aliphatic carbocycles. The molecule has 5 heteroatoms. The van der Waals surface area contributed by atoms with E-state index in [-0.39, 0.29) is 11.9 Å². The normalized spacial score (nSPS) is 19.0. The molecule has 0 bridgehead atoms. The van der Waals surface area contributed by atoms with Crippen LogP contribution in [0.5, 0.6) is 0 Å². The quantitative estimate of drug-likeness (QED) is 0.804. The lowest BCUT2D eigenvalue weighted by molar-refractivity contribution is 0.0949. The number of hydrogen-bond donors (Lipinski definition) is 1. The fourth-order valence-corrected chi connectivity index (χ4v) is 3.06. The molecule has 2 atom stereocenters. The Morgan fingerprint density at radius 1 is 1.21 bits per heavy atom. The highest BCUT2D eigenvalue weighted by atomic mass is 16.1. The summed E-state index contributed by atoms with van der Waals surface area (Å²) in [4.78, 5) is 16.5. The van der Waals surface area contributed by atoms with Crippen molar-refractivity contribution in [1.82, 2.24) is 20.1 Å². The number of aryl methyl sites for hydroxylation is 1. The first-order valence-corrected chi connectivity index (χ1v) is 8.04. The maximum Gasteiger partial charge on any atom is 0.251 e. The Kier molecular flexibility index (Phi) is 3.61. The number of rotatable bonds is 4. The van der Waals surface area contributed by atoms with Crippen molar-refractivity contribution in [2.45, 2.75) is 25.3 Å². The third-order valence-corrected chi connectivity index (χ3v) is 4.47. The standard InChI is InChI=1S/C19H18N4O/c1-13-9-15(23-12-20-11-21-23)7-8-16(13)19(24)22-18-10-17(18)14-5-3-2-4-6-14/h2-9,11-12,17-18H,10H2,1H3,(H,22,24)/t17-,18+/m1/s1. The van der Waals surface area contributed by atoms with Crippen molar-refractivity contribution in [3.05, 3.63) is 77.9 Å². The number of nitrogens with zero attached hydrogens (tertiary/aromatic N) is 3. The van der Waals surface area contributed by atoms with Gasteiger partial charge in [0.05, 0.1) is 5.69 Å². The van der Waals surface area contributed by atoms with Crippen LogP contribution in [0.1, 0.15) is 33.8 Å². The highest BCUT2D eigenvalue weighted by Gasteiger charge is 2.39. The Balaban J connectivity index is 1.46. The Bertz CT molecular complexity index is 858. The van der Waals surface area contributed by atoms with Gasteiger partial charge in [-0.15, -0.1) is 0 Å². The van der Waals surface area contributed by atoms with Crippen LogP contribution in [0.25, 0.3) is 5.69 Å². The lowest BCUT2D eigenvalue weighted by atomic mass is 10.1. The lowest BCUT2D eigenvalue weighted by Crippen LogP contribution is -2.27. The molecule has 0 aliphatic heterocycles. The zero-order valence-electron chi connectivity index (χ0n) is 13.4. The van der Waals surface area contributed by atoms with Gasteiger partial charge >= 0.3 is 0 Å². The van der Waals surface area contributed by atoms with Crippen LogP contribution in [0.2, 0.25) is 0 Å². The van der Waals surface area contributed by atoms with Gasteiger partial charge in [-0.1, -0.05) is 30.3 Å². The van der Waals surface area contributed by atoms with Gasteiger partial charge in [0.15, 0.2) is 0 Å². The van der Waals surface area contributed by atoms with E-state index >= 15 is 0 Å². The van der Waals surface area contributed by atoms with Crippen LogP contribution in [0, 0.1) is 6.92 Å². The third-order valence-electron chi connectivity index (χ3n) is 4.47. The van der Waals surface area contributed by atoms with Gasteiger partial charge in [-0.3, -0.25) is 4.79 Å². The first-order valence-electron chi connectivity index (χ1n) is 8.04. The van der Waals surface area contributed by atoms with Crippen molar-refractivity contribution >= 4 is 5.91 Å². The van der Waals surface area contributed by atoms with Gasteiger partial charge < -0.3 is 5.32 Å². The van der Waals surface area contributed by atoms with Gasteiger partial charge in [-0.25, -0.2) is 9.67 Å². The average Bonchev–Trinajstić information content (AvgIpc) is 3.14. The number of carbonyl (C=O) groups is 1. The Labute approximate surface area is 140 Å². The number of carbonyl (C=O) groups excluding carboxylic acids is 1. The molecule has 1 heterocycles. The molecule has 2 aromatic carbocycles. The van der Waals surface area contributed by atoms with E-state index in [0.29, 0.717) is 11.5 Å². The van der Waals surface area contributed by atoms with Crippen molar-refractivity contribution in [2.24, 2.45) is 0 Å². The topological polar surface area (TPSA) is 59.8 Å². The van der Waals surface area contributed by atoms with E-state index < -0.39 is 0 Å². The Morgan fingerprint density at radius 2 is 2.04 bits per heavy atom. The second kappa shape index (κ2) is 5.92. The fraction of sp³-hybridized carbons (Fsp3) is 0.211. The van der Waals surface area contributed by atoms with Crippen LogP contribution < -0.4 is 5.32 Å². The summed E-state index contributed by atoms with van der Waals surface area (Å²) >= 11 is 0. The minimum atomic E-state index is -0.0129. The maximum absolute atomic E-state index is 12.5. The molecule has 1 aliphatic rings. The van der Waals surface area contributed by atoms with Crippen LogP contribution in [-0.4, -0.2) is 26.7 Å². The van der Waals surface area contributed by atoms with E-state index in [2.05, 4.69) is 27.5 Å². The molecular formula is C19H18N4O. The van der Waals surface area contributed by atoms with Crippen LogP contribution in [0.15, 0.2) is 61.2 Å². The fourth-order valence-electron chi connectivity index (χ4n) is 3.06. The molecule has 1 fully saturated rings. The SMILES string of the molecule is Cc1cc(-n2cncn2)ccc1C(=O)N[C@H]1C[C@@H]1c1ccccc1. The summed E-state index contributed by atoms with van der Waals surface area (Å²) in [5.41, 5.74) is 3.83. The summed E-state index contributed by atoms with van der Waals surface area (Å²) in [5.74, 6) is 0.422. The molecule has 0 radical (unpaired) electrons. The maximum atomic E-state index is 12.5. The summed E-state index contributed by atoms with van der Waals surface area (Å²) in [6, 6.07) is 16.3. The smallest absolute Gasteiger partial charge is 0.251 e. The van der Waals surface area contributed by atoms with E-state index in [4.69, 9.17) is 0 Å². The molecule has 0 unspecified atom stereocenters. The van der Waals surface area contributed by atoms with E-state index in [1.54, 1.807) is 11.0 Å². The van der Waals surface area contributed by atoms with Crippen molar-refractivity contribution in [2.75, 3.05) is 0 Å².